The molecule has 15 heavy (non-hydrogen) atoms. The van der Waals surface area contributed by atoms with Gasteiger partial charge in [-0.3, -0.25) is 0 Å². The average Bonchev–Trinajstić information content (AvgIpc) is 2.58. The number of benzene rings is 1. The monoisotopic (exact) mass is 200 g/mol. The summed E-state index contributed by atoms with van der Waals surface area (Å²) in [5.41, 5.74) is 2.33. The van der Waals surface area contributed by atoms with E-state index in [1.54, 1.807) is 0 Å². The van der Waals surface area contributed by atoms with Gasteiger partial charge in [0, 0.05) is 19.0 Å². The van der Waals surface area contributed by atoms with Gasteiger partial charge in [-0.05, 0) is 23.1 Å². The second kappa shape index (κ2) is 3.67. The van der Waals surface area contributed by atoms with Gasteiger partial charge in [0.1, 0.15) is 0 Å². The first-order valence-corrected chi connectivity index (χ1v) is 5.34. The zero-order valence-corrected chi connectivity index (χ0v) is 9.25. The van der Waals surface area contributed by atoms with Crippen molar-refractivity contribution in [3.8, 4) is 6.07 Å². The number of nitrogens with one attached hydrogen (secondary N) is 1. The van der Waals surface area contributed by atoms with Gasteiger partial charge in [-0.1, -0.05) is 26.0 Å². The van der Waals surface area contributed by atoms with Crippen LogP contribution in [0.1, 0.15) is 30.9 Å². The van der Waals surface area contributed by atoms with Crippen molar-refractivity contribution in [3.63, 3.8) is 0 Å². The maximum Gasteiger partial charge on any atom is 0.0991 e. The van der Waals surface area contributed by atoms with E-state index >= 15 is 0 Å². The minimum atomic E-state index is 0.286. The highest BCUT2D eigenvalue weighted by atomic mass is 14.9. The maximum absolute atomic E-state index is 8.87. The third kappa shape index (κ3) is 1.88. The summed E-state index contributed by atoms with van der Waals surface area (Å²) in [6, 6.07) is 10.2. The predicted molar refractivity (Wildman–Crippen MR) is 60.5 cm³/mol. The molecule has 0 saturated carbocycles. The first-order valence-electron chi connectivity index (χ1n) is 5.34. The molecular formula is C13H16N2. The van der Waals surface area contributed by atoms with Crippen LogP contribution in [0, 0.1) is 16.7 Å². The molecule has 1 saturated heterocycles. The molecule has 1 aliphatic rings. The Bertz CT molecular complexity index is 401. The van der Waals surface area contributed by atoms with Crippen LogP contribution in [0.3, 0.4) is 0 Å². The summed E-state index contributed by atoms with van der Waals surface area (Å²) in [6.45, 7) is 6.61. The van der Waals surface area contributed by atoms with Crippen LogP contribution in [0.25, 0.3) is 0 Å². The van der Waals surface area contributed by atoms with Crippen LogP contribution in [-0.2, 0) is 0 Å². The Morgan fingerprint density at radius 1 is 1.47 bits per heavy atom. The summed E-state index contributed by atoms with van der Waals surface area (Å²) in [5.74, 6) is 0.519. The second-order valence-electron chi connectivity index (χ2n) is 4.91. The van der Waals surface area contributed by atoms with Crippen molar-refractivity contribution in [2.45, 2.75) is 19.8 Å². The molecule has 1 heterocycles. The molecule has 1 aromatic carbocycles. The summed E-state index contributed by atoms with van der Waals surface area (Å²) in [4.78, 5) is 0. The zero-order chi connectivity index (χ0) is 10.9. The molecule has 1 aromatic rings. The lowest BCUT2D eigenvalue weighted by Crippen LogP contribution is -2.20. The zero-order valence-electron chi connectivity index (χ0n) is 9.25. The van der Waals surface area contributed by atoms with E-state index in [4.69, 9.17) is 5.26 Å². The predicted octanol–water partition coefficient (Wildman–Crippen LogP) is 2.27. The van der Waals surface area contributed by atoms with E-state index in [0.29, 0.717) is 5.92 Å². The van der Waals surface area contributed by atoms with Gasteiger partial charge in [0.25, 0.3) is 0 Å². The molecule has 0 unspecified atom stereocenters. The molecule has 2 heteroatoms. The molecule has 0 spiro atoms. The molecule has 2 rings (SSSR count). The summed E-state index contributed by atoms with van der Waals surface area (Å²) < 4.78 is 0. The third-order valence-corrected chi connectivity index (χ3v) is 3.29. The molecule has 0 bridgehead atoms. The van der Waals surface area contributed by atoms with Crippen molar-refractivity contribution >= 4 is 0 Å². The summed E-state index contributed by atoms with van der Waals surface area (Å²) in [6.07, 6.45) is 0. The van der Waals surface area contributed by atoms with E-state index in [1.165, 1.54) is 5.56 Å². The highest BCUT2D eigenvalue weighted by Gasteiger charge is 2.35. The Morgan fingerprint density at radius 3 is 2.87 bits per heavy atom. The van der Waals surface area contributed by atoms with Crippen LogP contribution >= 0.6 is 0 Å². The molecule has 1 N–H and O–H groups in total. The van der Waals surface area contributed by atoms with E-state index in [9.17, 15) is 0 Å². The first kappa shape index (κ1) is 10.2. The van der Waals surface area contributed by atoms with Gasteiger partial charge >= 0.3 is 0 Å². The highest BCUT2D eigenvalue weighted by molar-refractivity contribution is 5.35. The van der Waals surface area contributed by atoms with Crippen molar-refractivity contribution in [1.29, 1.82) is 5.26 Å². The second-order valence-corrected chi connectivity index (χ2v) is 4.91. The van der Waals surface area contributed by atoms with Crippen LogP contribution in [-0.4, -0.2) is 13.1 Å². The van der Waals surface area contributed by atoms with Gasteiger partial charge in [-0.2, -0.15) is 5.26 Å². The van der Waals surface area contributed by atoms with Gasteiger partial charge in [0.2, 0.25) is 0 Å². The number of hydrogen-bond acceptors (Lipinski definition) is 2. The van der Waals surface area contributed by atoms with Crippen molar-refractivity contribution in [3.05, 3.63) is 35.4 Å². The Labute approximate surface area is 90.9 Å². The van der Waals surface area contributed by atoms with Crippen molar-refractivity contribution in [2.75, 3.05) is 13.1 Å². The average molecular weight is 200 g/mol. The summed E-state index contributed by atoms with van der Waals surface area (Å²) >= 11 is 0. The Hall–Kier alpha value is -1.33. The first-order chi connectivity index (χ1) is 7.13. The Kier molecular flexibility index (Phi) is 2.50. The van der Waals surface area contributed by atoms with Gasteiger partial charge in [0.15, 0.2) is 0 Å². The van der Waals surface area contributed by atoms with Gasteiger partial charge in [-0.15, -0.1) is 0 Å². The third-order valence-electron chi connectivity index (χ3n) is 3.29. The minimum Gasteiger partial charge on any atom is -0.316 e. The Morgan fingerprint density at radius 2 is 2.27 bits per heavy atom. The topological polar surface area (TPSA) is 35.8 Å². The fraction of sp³-hybridized carbons (Fsp3) is 0.462. The lowest BCUT2D eigenvalue weighted by Gasteiger charge is -2.26. The summed E-state index contributed by atoms with van der Waals surface area (Å²) in [7, 11) is 0. The Balaban J connectivity index is 2.34. The van der Waals surface area contributed by atoms with Gasteiger partial charge in [-0.25, -0.2) is 0 Å². The van der Waals surface area contributed by atoms with E-state index in [2.05, 4.69) is 31.3 Å². The molecule has 1 fully saturated rings. The van der Waals surface area contributed by atoms with Gasteiger partial charge < -0.3 is 5.32 Å². The molecular weight excluding hydrogens is 184 g/mol. The molecule has 1 atom stereocenters. The van der Waals surface area contributed by atoms with Crippen LogP contribution < -0.4 is 5.32 Å². The van der Waals surface area contributed by atoms with Crippen LogP contribution in [0.2, 0.25) is 0 Å². The molecule has 1 aliphatic heterocycles. The molecule has 0 amide bonds. The number of nitrogens with zero attached hydrogens (tertiary/aromatic N) is 1. The lowest BCUT2D eigenvalue weighted by atomic mass is 9.77. The van der Waals surface area contributed by atoms with Crippen LogP contribution in [0.4, 0.5) is 0 Å². The number of hydrogen-bond donors (Lipinski definition) is 1. The smallest absolute Gasteiger partial charge is 0.0991 e. The molecule has 78 valence electrons. The molecule has 0 aromatic heterocycles. The molecule has 0 radical (unpaired) electrons. The quantitative estimate of drug-likeness (QED) is 0.755. The van der Waals surface area contributed by atoms with E-state index in [-0.39, 0.29) is 5.41 Å². The van der Waals surface area contributed by atoms with Crippen LogP contribution in [0.15, 0.2) is 24.3 Å². The largest absolute Gasteiger partial charge is 0.316 e. The van der Waals surface area contributed by atoms with Crippen molar-refractivity contribution in [2.24, 2.45) is 5.41 Å². The fourth-order valence-electron chi connectivity index (χ4n) is 2.33. The van der Waals surface area contributed by atoms with E-state index in [0.717, 1.165) is 18.7 Å². The van der Waals surface area contributed by atoms with Crippen molar-refractivity contribution in [1.82, 2.24) is 5.32 Å². The van der Waals surface area contributed by atoms with Crippen LogP contribution in [0.5, 0.6) is 0 Å². The normalized spacial score (nSPS) is 23.7. The molecule has 0 aliphatic carbocycles. The summed E-state index contributed by atoms with van der Waals surface area (Å²) in [5, 5.41) is 12.3. The standard InChI is InChI=1S/C13H16N2/c1-13(2)9-15-8-12(13)11-5-3-4-10(6-11)7-14/h3-6,12,15H,8-9H2,1-2H3/t12-/m1/s1. The number of nitriles is 1. The fourth-order valence-corrected chi connectivity index (χ4v) is 2.33. The molecule has 2 nitrogen and oxygen atoms in total. The minimum absolute atomic E-state index is 0.286. The highest BCUT2D eigenvalue weighted by Crippen LogP contribution is 2.38. The van der Waals surface area contributed by atoms with Crippen molar-refractivity contribution < 1.29 is 0 Å². The SMILES string of the molecule is CC1(C)CNC[C@@H]1c1cccc(C#N)c1. The van der Waals surface area contributed by atoms with Gasteiger partial charge in [0.05, 0.1) is 11.6 Å². The van der Waals surface area contributed by atoms with E-state index < -0.39 is 0 Å². The lowest BCUT2D eigenvalue weighted by molar-refractivity contribution is 0.363. The van der Waals surface area contributed by atoms with E-state index in [1.807, 2.05) is 18.2 Å². The number of rotatable bonds is 1. The maximum atomic E-state index is 8.87.